The number of amides is 1. The van der Waals surface area contributed by atoms with E-state index >= 15 is 0 Å². The largest absolute Gasteiger partial charge is 0.497 e. The first-order valence-electron chi connectivity index (χ1n) is 10.5. The van der Waals surface area contributed by atoms with E-state index in [4.69, 9.17) is 4.74 Å². The number of carbonyl (C=O) groups excluding carboxylic acids is 1. The number of hydrogen-bond donors (Lipinski definition) is 2. The lowest BCUT2D eigenvalue weighted by Gasteiger charge is -2.39. The van der Waals surface area contributed by atoms with Crippen LogP contribution in [0.2, 0.25) is 0 Å². The SMILES string of the molecule is COc1ccc(N[C@@H]([C@@H](C)C(=O)N(C)[C@@H](C)[C@@H](O)c2ccccc2)C(C)(C)C)cc1. The summed E-state index contributed by atoms with van der Waals surface area (Å²) in [6.45, 7) is 10.2. The fraction of sp³-hybridized carbons (Fsp3) is 0.480. The van der Waals surface area contributed by atoms with Crippen LogP contribution in [0.3, 0.4) is 0 Å². The van der Waals surface area contributed by atoms with Crippen molar-refractivity contribution in [3.05, 3.63) is 60.2 Å². The van der Waals surface area contributed by atoms with E-state index < -0.39 is 6.10 Å². The van der Waals surface area contributed by atoms with Gasteiger partial charge in [0.1, 0.15) is 5.75 Å². The second-order valence-corrected chi connectivity index (χ2v) is 9.05. The van der Waals surface area contributed by atoms with E-state index in [9.17, 15) is 9.90 Å². The molecule has 2 rings (SSSR count). The molecular formula is C25H36N2O3. The summed E-state index contributed by atoms with van der Waals surface area (Å²) in [6, 6.07) is 16.7. The Morgan fingerprint density at radius 3 is 2.10 bits per heavy atom. The van der Waals surface area contributed by atoms with Crippen molar-refractivity contribution in [2.75, 3.05) is 19.5 Å². The van der Waals surface area contributed by atoms with Crippen molar-refractivity contribution < 1.29 is 14.6 Å². The number of nitrogens with zero attached hydrogens (tertiary/aromatic N) is 1. The van der Waals surface area contributed by atoms with Gasteiger partial charge in [0.25, 0.3) is 0 Å². The number of likely N-dealkylation sites (N-methyl/N-ethyl adjacent to an activating group) is 1. The van der Waals surface area contributed by atoms with Gasteiger partial charge in [0, 0.05) is 18.8 Å². The first-order valence-corrected chi connectivity index (χ1v) is 10.5. The fourth-order valence-corrected chi connectivity index (χ4v) is 3.76. The second-order valence-electron chi connectivity index (χ2n) is 9.05. The van der Waals surface area contributed by atoms with Gasteiger partial charge in [0.15, 0.2) is 0 Å². The average molecular weight is 413 g/mol. The Balaban J connectivity index is 2.17. The number of aliphatic hydroxyl groups is 1. The Morgan fingerprint density at radius 1 is 1.03 bits per heavy atom. The van der Waals surface area contributed by atoms with Gasteiger partial charge in [-0.2, -0.15) is 0 Å². The summed E-state index contributed by atoms with van der Waals surface area (Å²) in [4.78, 5) is 15.0. The molecular weight excluding hydrogens is 376 g/mol. The van der Waals surface area contributed by atoms with Gasteiger partial charge in [0.2, 0.25) is 5.91 Å². The van der Waals surface area contributed by atoms with Gasteiger partial charge in [0.05, 0.1) is 25.2 Å². The van der Waals surface area contributed by atoms with Gasteiger partial charge in [-0.15, -0.1) is 0 Å². The molecule has 0 unspecified atom stereocenters. The van der Waals surface area contributed by atoms with Crippen molar-refractivity contribution in [3.63, 3.8) is 0 Å². The number of anilines is 1. The van der Waals surface area contributed by atoms with Crippen molar-refractivity contribution in [3.8, 4) is 5.75 Å². The van der Waals surface area contributed by atoms with E-state index in [1.54, 1.807) is 19.1 Å². The zero-order valence-corrected chi connectivity index (χ0v) is 19.2. The van der Waals surface area contributed by atoms with Crippen LogP contribution in [0.15, 0.2) is 54.6 Å². The van der Waals surface area contributed by atoms with E-state index in [0.29, 0.717) is 0 Å². The standard InChI is InChI=1S/C25H36N2O3/c1-17(23(25(3,4)5)26-20-13-15-21(30-7)16-14-20)24(29)27(6)18(2)22(28)19-11-9-8-10-12-19/h8-18,22-23,26,28H,1-7H3/t17-,18+,22-,23+/m1/s1. The molecule has 5 heteroatoms. The van der Waals surface area contributed by atoms with Crippen LogP contribution in [0.4, 0.5) is 5.69 Å². The molecule has 0 saturated carbocycles. The molecule has 0 saturated heterocycles. The maximum Gasteiger partial charge on any atom is 0.227 e. The van der Waals surface area contributed by atoms with Crippen molar-refractivity contribution in [2.45, 2.75) is 52.8 Å². The van der Waals surface area contributed by atoms with Crippen LogP contribution in [-0.2, 0) is 4.79 Å². The maximum absolute atomic E-state index is 13.4. The van der Waals surface area contributed by atoms with Crippen LogP contribution in [0, 0.1) is 11.3 Å². The molecule has 0 bridgehead atoms. The molecule has 0 fully saturated rings. The second kappa shape index (κ2) is 9.98. The highest BCUT2D eigenvalue weighted by Crippen LogP contribution is 2.31. The van der Waals surface area contributed by atoms with Crippen LogP contribution in [0.5, 0.6) is 5.75 Å². The highest BCUT2D eigenvalue weighted by molar-refractivity contribution is 5.80. The molecule has 0 aliphatic rings. The predicted octanol–water partition coefficient (Wildman–Crippen LogP) is 4.74. The van der Waals surface area contributed by atoms with Crippen LogP contribution >= 0.6 is 0 Å². The third-order valence-corrected chi connectivity index (χ3v) is 5.79. The summed E-state index contributed by atoms with van der Waals surface area (Å²) in [5.74, 6) is 0.501. The number of nitrogens with one attached hydrogen (secondary N) is 1. The van der Waals surface area contributed by atoms with E-state index in [0.717, 1.165) is 17.0 Å². The number of carbonyl (C=O) groups is 1. The molecule has 2 aromatic rings. The number of methoxy groups -OCH3 is 1. The van der Waals surface area contributed by atoms with E-state index in [1.165, 1.54) is 0 Å². The Kier molecular flexibility index (Phi) is 7.90. The van der Waals surface area contributed by atoms with Crippen LogP contribution in [-0.4, -0.2) is 42.2 Å². The Hall–Kier alpha value is -2.53. The molecule has 0 aliphatic carbocycles. The van der Waals surface area contributed by atoms with Crippen molar-refractivity contribution in [2.24, 2.45) is 11.3 Å². The highest BCUT2D eigenvalue weighted by atomic mass is 16.5. The number of benzene rings is 2. The van der Waals surface area contributed by atoms with Gasteiger partial charge < -0.3 is 20.1 Å². The lowest BCUT2D eigenvalue weighted by Crippen LogP contribution is -2.49. The summed E-state index contributed by atoms with van der Waals surface area (Å²) >= 11 is 0. The third-order valence-electron chi connectivity index (χ3n) is 5.79. The van der Waals surface area contributed by atoms with Crippen molar-refractivity contribution >= 4 is 11.6 Å². The van der Waals surface area contributed by atoms with Gasteiger partial charge >= 0.3 is 0 Å². The molecule has 0 spiro atoms. The third kappa shape index (κ3) is 5.76. The van der Waals surface area contributed by atoms with Gasteiger partial charge in [-0.25, -0.2) is 0 Å². The zero-order valence-electron chi connectivity index (χ0n) is 19.2. The van der Waals surface area contributed by atoms with E-state index in [1.807, 2.05) is 68.4 Å². The fourth-order valence-electron chi connectivity index (χ4n) is 3.76. The quantitative estimate of drug-likeness (QED) is 0.657. The summed E-state index contributed by atoms with van der Waals surface area (Å²) in [7, 11) is 3.41. The van der Waals surface area contributed by atoms with E-state index in [2.05, 4.69) is 26.1 Å². The molecule has 1 amide bonds. The molecule has 2 N–H and O–H groups in total. The lowest BCUT2D eigenvalue weighted by atomic mass is 9.78. The monoisotopic (exact) mass is 412 g/mol. The molecule has 30 heavy (non-hydrogen) atoms. The van der Waals surface area contributed by atoms with Crippen molar-refractivity contribution in [1.82, 2.24) is 4.90 Å². The minimum absolute atomic E-state index is 0.00146. The molecule has 0 aliphatic heterocycles. The Bertz CT molecular complexity index is 799. The normalized spacial score (nSPS) is 15.6. The van der Waals surface area contributed by atoms with Gasteiger partial charge in [-0.1, -0.05) is 58.0 Å². The summed E-state index contributed by atoms with van der Waals surface area (Å²) in [5, 5.41) is 14.3. The smallest absolute Gasteiger partial charge is 0.227 e. The number of rotatable bonds is 8. The van der Waals surface area contributed by atoms with Crippen LogP contribution < -0.4 is 10.1 Å². The topological polar surface area (TPSA) is 61.8 Å². The summed E-state index contributed by atoms with van der Waals surface area (Å²) in [5.41, 5.74) is 1.59. The Labute approximate surface area is 181 Å². The highest BCUT2D eigenvalue weighted by Gasteiger charge is 2.37. The number of aliphatic hydroxyl groups excluding tert-OH is 1. The van der Waals surface area contributed by atoms with Gasteiger partial charge in [-0.3, -0.25) is 4.79 Å². The minimum atomic E-state index is -0.741. The molecule has 4 atom stereocenters. The van der Waals surface area contributed by atoms with Crippen molar-refractivity contribution in [1.29, 1.82) is 0 Å². The molecule has 5 nitrogen and oxygen atoms in total. The Morgan fingerprint density at radius 2 is 1.60 bits per heavy atom. The zero-order chi connectivity index (χ0) is 22.5. The molecule has 0 radical (unpaired) electrons. The first-order chi connectivity index (χ1) is 14.1. The van der Waals surface area contributed by atoms with E-state index in [-0.39, 0.29) is 29.3 Å². The average Bonchev–Trinajstić information content (AvgIpc) is 2.75. The first kappa shape index (κ1) is 23.7. The van der Waals surface area contributed by atoms with Crippen LogP contribution in [0.1, 0.15) is 46.3 Å². The minimum Gasteiger partial charge on any atom is -0.497 e. The molecule has 0 aromatic heterocycles. The molecule has 2 aromatic carbocycles. The summed E-state index contributed by atoms with van der Waals surface area (Å²) in [6.07, 6.45) is -0.741. The molecule has 0 heterocycles. The summed E-state index contributed by atoms with van der Waals surface area (Å²) < 4.78 is 5.23. The molecule has 164 valence electrons. The van der Waals surface area contributed by atoms with Gasteiger partial charge in [-0.05, 0) is 42.2 Å². The van der Waals surface area contributed by atoms with Crippen LogP contribution in [0.25, 0.3) is 0 Å². The number of ether oxygens (including phenoxy) is 1. The predicted molar refractivity (Wildman–Crippen MR) is 123 cm³/mol. The number of hydrogen-bond acceptors (Lipinski definition) is 4. The lowest BCUT2D eigenvalue weighted by molar-refractivity contribution is -0.139. The maximum atomic E-state index is 13.4.